The van der Waals surface area contributed by atoms with Gasteiger partial charge in [-0.05, 0) is 25.7 Å². The first-order chi connectivity index (χ1) is 36.7. The summed E-state index contributed by atoms with van der Waals surface area (Å²) in [4.78, 5) is 71.4. The van der Waals surface area contributed by atoms with Crippen molar-refractivity contribution in [2.45, 2.75) is 303 Å². The van der Waals surface area contributed by atoms with Crippen LogP contribution in [0.3, 0.4) is 0 Å². The highest BCUT2D eigenvalue weighted by atomic mass is 31.2. The predicted octanol–water partition coefficient (Wildman–Crippen LogP) is 15.2. The van der Waals surface area contributed by atoms with E-state index in [2.05, 4.69) is 20.8 Å². The highest BCUT2D eigenvalue weighted by molar-refractivity contribution is 7.47. The van der Waals surface area contributed by atoms with E-state index in [0.29, 0.717) is 25.7 Å². The molecule has 2 unspecified atom stereocenters. The molecule has 0 rings (SSSR count). The molecule has 0 amide bonds. The molecule has 0 aromatic carbocycles. The summed E-state index contributed by atoms with van der Waals surface area (Å²) in [6.07, 6.45) is 35.5. The summed E-state index contributed by atoms with van der Waals surface area (Å²) < 4.78 is 67.3. The summed E-state index contributed by atoms with van der Waals surface area (Å²) in [5.74, 6) is -2.16. The minimum atomic E-state index is -4.93. The highest BCUT2D eigenvalue weighted by Crippen LogP contribution is 2.45. The quantitative estimate of drug-likeness (QED) is 0.0222. The van der Waals surface area contributed by atoms with Gasteiger partial charge in [-0.1, -0.05) is 233 Å². The Morgan fingerprint density at radius 2 is 0.526 bits per heavy atom. The van der Waals surface area contributed by atoms with Gasteiger partial charge in [-0.25, -0.2) is 9.13 Å². The van der Waals surface area contributed by atoms with E-state index in [1.807, 2.05) is 6.92 Å². The molecule has 0 radical (unpaired) electrons. The van der Waals surface area contributed by atoms with Crippen LogP contribution in [0.25, 0.3) is 0 Å². The Balaban J connectivity index is 5.10. The summed E-state index contributed by atoms with van der Waals surface area (Å²) in [6.45, 7) is 4.67. The number of phosphoric ester groups is 2. The number of rotatable bonds is 58. The van der Waals surface area contributed by atoms with E-state index in [4.69, 9.17) is 37.0 Å². The molecular formula is C57H110O17P2. The molecule has 0 bridgehead atoms. The van der Waals surface area contributed by atoms with Gasteiger partial charge in [0.25, 0.3) is 0 Å². The highest BCUT2D eigenvalue weighted by Gasteiger charge is 2.30. The van der Waals surface area contributed by atoms with Crippen molar-refractivity contribution in [1.29, 1.82) is 0 Å². The molecule has 19 heteroatoms. The monoisotopic (exact) mass is 1130 g/mol. The molecule has 5 atom stereocenters. The Morgan fingerprint density at radius 3 is 0.789 bits per heavy atom. The number of esters is 4. The lowest BCUT2D eigenvalue weighted by Crippen LogP contribution is -2.30. The van der Waals surface area contributed by atoms with Crippen LogP contribution in [-0.4, -0.2) is 96.7 Å². The fourth-order valence-corrected chi connectivity index (χ4v) is 9.98. The van der Waals surface area contributed by atoms with Gasteiger partial charge >= 0.3 is 39.5 Å². The van der Waals surface area contributed by atoms with Crippen molar-refractivity contribution in [1.82, 2.24) is 0 Å². The van der Waals surface area contributed by atoms with Gasteiger partial charge in [-0.2, -0.15) is 0 Å². The first-order valence-electron chi connectivity index (χ1n) is 30.3. The Kier molecular flexibility index (Phi) is 51.1. The lowest BCUT2D eigenvalue weighted by Gasteiger charge is -2.21. The van der Waals surface area contributed by atoms with Crippen LogP contribution in [0.4, 0.5) is 0 Å². The predicted molar refractivity (Wildman–Crippen MR) is 299 cm³/mol. The average Bonchev–Trinajstić information content (AvgIpc) is 3.39. The van der Waals surface area contributed by atoms with Gasteiger partial charge in [-0.15, -0.1) is 0 Å². The summed E-state index contributed by atoms with van der Waals surface area (Å²) in [6, 6.07) is 0. The fourth-order valence-electron chi connectivity index (χ4n) is 8.40. The van der Waals surface area contributed by atoms with E-state index < -0.39 is 97.5 Å². The van der Waals surface area contributed by atoms with Crippen molar-refractivity contribution in [3.05, 3.63) is 0 Å². The summed E-state index contributed by atoms with van der Waals surface area (Å²) in [7, 11) is -9.85. The van der Waals surface area contributed by atoms with E-state index in [-0.39, 0.29) is 25.7 Å². The molecule has 450 valence electrons. The Morgan fingerprint density at radius 1 is 0.316 bits per heavy atom. The molecule has 0 fully saturated rings. The van der Waals surface area contributed by atoms with Crippen molar-refractivity contribution in [3.8, 4) is 0 Å². The average molecular weight is 1130 g/mol. The van der Waals surface area contributed by atoms with Gasteiger partial charge in [0.05, 0.1) is 26.4 Å². The summed E-state index contributed by atoms with van der Waals surface area (Å²) in [5, 5.41) is 10.4. The van der Waals surface area contributed by atoms with Crippen LogP contribution in [0.1, 0.15) is 285 Å². The smallest absolute Gasteiger partial charge is 0.462 e. The van der Waals surface area contributed by atoms with Crippen molar-refractivity contribution >= 4 is 39.5 Å². The Bertz CT molecular complexity index is 1490. The third-order valence-electron chi connectivity index (χ3n) is 13.1. The molecular weight excluding hydrogens is 1020 g/mol. The summed E-state index contributed by atoms with van der Waals surface area (Å²) in [5.41, 5.74) is 0. The molecule has 0 saturated heterocycles. The third kappa shape index (κ3) is 51.5. The van der Waals surface area contributed by atoms with Crippen LogP contribution in [0.2, 0.25) is 0 Å². The van der Waals surface area contributed by atoms with Crippen molar-refractivity contribution in [3.63, 3.8) is 0 Å². The molecule has 0 aromatic heterocycles. The van der Waals surface area contributed by atoms with Crippen LogP contribution in [0.15, 0.2) is 0 Å². The maximum Gasteiger partial charge on any atom is 0.472 e. The van der Waals surface area contributed by atoms with Crippen LogP contribution in [0, 0.1) is 0 Å². The first-order valence-corrected chi connectivity index (χ1v) is 33.3. The minimum absolute atomic E-state index is 0.0961. The largest absolute Gasteiger partial charge is 0.472 e. The molecule has 17 nitrogen and oxygen atoms in total. The fraction of sp³-hybridized carbons (Fsp3) is 0.930. The summed E-state index contributed by atoms with van der Waals surface area (Å²) >= 11 is 0. The van der Waals surface area contributed by atoms with E-state index in [0.717, 1.165) is 89.9 Å². The van der Waals surface area contributed by atoms with E-state index in [1.54, 1.807) is 0 Å². The van der Waals surface area contributed by atoms with Gasteiger partial charge < -0.3 is 33.8 Å². The topological polar surface area (TPSA) is 237 Å². The number of ether oxygens (including phenoxy) is 4. The van der Waals surface area contributed by atoms with Crippen molar-refractivity contribution in [2.24, 2.45) is 0 Å². The molecule has 0 spiro atoms. The molecule has 0 aliphatic rings. The maximum absolute atomic E-state index is 12.9. The van der Waals surface area contributed by atoms with Gasteiger partial charge in [0.1, 0.15) is 19.3 Å². The van der Waals surface area contributed by atoms with Gasteiger partial charge in [0, 0.05) is 25.7 Å². The maximum atomic E-state index is 12.9. The second-order valence-electron chi connectivity index (χ2n) is 20.7. The van der Waals surface area contributed by atoms with Crippen LogP contribution >= 0.6 is 15.6 Å². The number of carbonyl (C=O) groups is 4. The van der Waals surface area contributed by atoms with E-state index in [1.165, 1.54) is 116 Å². The van der Waals surface area contributed by atoms with Crippen molar-refractivity contribution in [2.75, 3.05) is 39.6 Å². The zero-order chi connectivity index (χ0) is 56.2. The SMILES string of the molecule is CCCCCCCCCCCCCCCCCC(=O)O[C@H](COC(=O)CCCCCCCCCCC)COP(=O)(O)OC[C@H](O)COP(=O)(O)OC[C@@H](COC(=O)CCCCCCCCCC)OC(=O)CCCCCC. The van der Waals surface area contributed by atoms with Gasteiger partial charge in [0.2, 0.25) is 0 Å². The zero-order valence-electron chi connectivity index (χ0n) is 48.2. The van der Waals surface area contributed by atoms with Crippen LogP contribution in [-0.2, 0) is 65.4 Å². The number of phosphoric acid groups is 2. The molecule has 0 aromatic rings. The Labute approximate surface area is 460 Å². The lowest BCUT2D eigenvalue weighted by molar-refractivity contribution is -0.161. The number of hydrogen-bond donors (Lipinski definition) is 3. The van der Waals surface area contributed by atoms with E-state index >= 15 is 0 Å². The molecule has 0 aliphatic carbocycles. The molecule has 0 aliphatic heterocycles. The first kappa shape index (κ1) is 74.1. The van der Waals surface area contributed by atoms with Gasteiger partial charge in [-0.3, -0.25) is 37.3 Å². The number of aliphatic hydroxyl groups is 1. The normalized spacial score (nSPS) is 14.4. The Hall–Kier alpha value is -1.94. The standard InChI is InChI=1S/C57H110O17P2/c1-5-9-13-17-20-23-24-25-26-27-28-30-33-36-40-44-57(62)74-53(48-68-55(60)42-39-35-32-29-21-18-14-10-6-2)50-72-76(65,66)70-46-51(58)45-69-75(63,64)71-49-52(73-56(61)43-37-16-12-8-4)47-67-54(59)41-38-34-31-22-19-15-11-7-3/h51-53,58H,5-50H2,1-4H3,(H,63,64)(H,65,66)/t51-,52-,53-/m1/s1. The third-order valence-corrected chi connectivity index (χ3v) is 15.0. The van der Waals surface area contributed by atoms with Crippen LogP contribution < -0.4 is 0 Å². The number of aliphatic hydroxyl groups excluding tert-OH is 1. The molecule has 76 heavy (non-hydrogen) atoms. The second kappa shape index (κ2) is 52.4. The van der Waals surface area contributed by atoms with Gasteiger partial charge in [0.15, 0.2) is 12.2 Å². The van der Waals surface area contributed by atoms with Crippen molar-refractivity contribution < 1.29 is 80.2 Å². The number of hydrogen-bond acceptors (Lipinski definition) is 15. The number of unbranched alkanes of at least 4 members (excludes halogenated alkanes) is 32. The minimum Gasteiger partial charge on any atom is -0.462 e. The van der Waals surface area contributed by atoms with E-state index in [9.17, 15) is 43.2 Å². The zero-order valence-corrected chi connectivity index (χ0v) is 50.0. The molecule has 3 N–H and O–H groups in total. The lowest BCUT2D eigenvalue weighted by atomic mass is 10.0. The molecule has 0 heterocycles. The number of carbonyl (C=O) groups excluding carboxylic acids is 4. The molecule has 0 saturated carbocycles. The van der Waals surface area contributed by atoms with Crippen LogP contribution in [0.5, 0.6) is 0 Å². The second-order valence-corrected chi connectivity index (χ2v) is 23.6.